The molecule has 2 rings (SSSR count). The van der Waals surface area contributed by atoms with Crippen molar-refractivity contribution in [1.82, 2.24) is 15.5 Å². The molecule has 1 aliphatic rings. The highest BCUT2D eigenvalue weighted by Crippen LogP contribution is 2.12. The molecule has 0 saturated carbocycles. The second-order valence-corrected chi connectivity index (χ2v) is 3.19. The molecule has 16 heavy (non-hydrogen) atoms. The van der Waals surface area contributed by atoms with Crippen molar-refractivity contribution in [3.05, 3.63) is 17.8 Å². The van der Waals surface area contributed by atoms with E-state index in [0.717, 1.165) is 0 Å². The van der Waals surface area contributed by atoms with Crippen LogP contribution in [0.3, 0.4) is 0 Å². The van der Waals surface area contributed by atoms with Gasteiger partial charge in [0.25, 0.3) is 0 Å². The Balaban J connectivity index is 2.20. The summed E-state index contributed by atoms with van der Waals surface area (Å²) < 4.78 is 0. The van der Waals surface area contributed by atoms with E-state index in [4.69, 9.17) is 0 Å². The van der Waals surface area contributed by atoms with Gasteiger partial charge in [-0.2, -0.15) is 0 Å². The molecule has 0 aromatic carbocycles. The van der Waals surface area contributed by atoms with Crippen LogP contribution in [0.2, 0.25) is 0 Å². The van der Waals surface area contributed by atoms with Crippen LogP contribution < -0.4 is 10.2 Å². The molecule has 0 aliphatic carbocycles. The summed E-state index contributed by atoms with van der Waals surface area (Å²) in [6.07, 6.45) is 0.791. The highest BCUT2D eigenvalue weighted by atomic mass is 16.2. The Kier molecular flexibility index (Phi) is 2.59. The van der Waals surface area contributed by atoms with Crippen LogP contribution in [0.4, 0.5) is 10.6 Å². The Hall–Kier alpha value is -2.31. The smallest absolute Gasteiger partial charge is 0.296 e. The molecule has 1 aliphatic heterocycles. The molecule has 3 amide bonds. The zero-order chi connectivity index (χ0) is 11.5. The summed E-state index contributed by atoms with van der Waals surface area (Å²) in [5, 5.41) is 9.49. The summed E-state index contributed by atoms with van der Waals surface area (Å²) in [5.74, 6) is 0.00863. The number of hydrogen-bond acceptors (Lipinski definition) is 5. The van der Waals surface area contributed by atoms with E-state index in [2.05, 4.69) is 15.5 Å². The quantitative estimate of drug-likeness (QED) is 0.693. The number of nitrogens with zero attached hydrogens (tertiary/aromatic N) is 3. The van der Waals surface area contributed by atoms with Gasteiger partial charge in [-0.25, -0.2) is 4.79 Å². The van der Waals surface area contributed by atoms with E-state index in [0.29, 0.717) is 12.1 Å². The Morgan fingerprint density at radius 3 is 2.69 bits per heavy atom. The maximum atomic E-state index is 11.4. The molecule has 0 atom stereocenters. The molecule has 1 fully saturated rings. The average Bonchev–Trinajstić information content (AvgIpc) is 2.29. The number of carbonyl (C=O) groups is 3. The summed E-state index contributed by atoms with van der Waals surface area (Å²) in [5.41, 5.74) is 0.192. The fourth-order valence-electron chi connectivity index (χ4n) is 1.33. The van der Waals surface area contributed by atoms with Gasteiger partial charge in [0.15, 0.2) is 12.1 Å². The molecule has 7 heteroatoms. The lowest BCUT2D eigenvalue weighted by Gasteiger charge is -2.24. The summed E-state index contributed by atoms with van der Waals surface area (Å²) >= 11 is 0. The Labute approximate surface area is 90.5 Å². The van der Waals surface area contributed by atoms with Gasteiger partial charge in [-0.05, 0) is 12.1 Å². The van der Waals surface area contributed by atoms with Crippen molar-refractivity contribution in [3.63, 3.8) is 0 Å². The normalized spacial score (nSPS) is 15.9. The lowest BCUT2D eigenvalue weighted by molar-refractivity contribution is -0.120. The fourth-order valence-corrected chi connectivity index (χ4v) is 1.33. The average molecular weight is 220 g/mol. The van der Waals surface area contributed by atoms with E-state index in [1.807, 2.05) is 0 Å². The summed E-state index contributed by atoms with van der Waals surface area (Å²) in [6.45, 7) is 0.264. The van der Waals surface area contributed by atoms with Crippen LogP contribution in [0, 0.1) is 0 Å². The van der Waals surface area contributed by atoms with Crippen LogP contribution in [0.25, 0.3) is 0 Å². The van der Waals surface area contributed by atoms with Gasteiger partial charge in [-0.15, -0.1) is 10.2 Å². The highest BCUT2D eigenvalue weighted by molar-refractivity contribution is 6.05. The molecule has 1 aromatic rings. The largest absolute Gasteiger partial charge is 0.329 e. The number of amides is 3. The topological polar surface area (TPSA) is 92.3 Å². The second-order valence-electron chi connectivity index (χ2n) is 3.19. The van der Waals surface area contributed by atoms with Crippen LogP contribution in [0.15, 0.2) is 12.1 Å². The monoisotopic (exact) mass is 220 g/mol. The molecule has 0 radical (unpaired) electrons. The van der Waals surface area contributed by atoms with Crippen molar-refractivity contribution < 1.29 is 14.4 Å². The Morgan fingerprint density at radius 2 is 2.12 bits per heavy atom. The van der Waals surface area contributed by atoms with Gasteiger partial charge in [0, 0.05) is 13.0 Å². The van der Waals surface area contributed by atoms with Crippen LogP contribution >= 0.6 is 0 Å². The lowest BCUT2D eigenvalue weighted by Crippen LogP contribution is -2.50. The number of aromatic nitrogens is 2. The minimum atomic E-state index is -0.524. The van der Waals surface area contributed by atoms with Crippen LogP contribution in [-0.4, -0.2) is 35.0 Å². The van der Waals surface area contributed by atoms with Crippen molar-refractivity contribution in [1.29, 1.82) is 0 Å². The third-order valence-corrected chi connectivity index (χ3v) is 2.12. The summed E-state index contributed by atoms with van der Waals surface area (Å²) in [4.78, 5) is 34.0. The first-order valence-corrected chi connectivity index (χ1v) is 4.61. The zero-order valence-electron chi connectivity index (χ0n) is 8.21. The summed E-state index contributed by atoms with van der Waals surface area (Å²) in [6, 6.07) is 2.44. The summed E-state index contributed by atoms with van der Waals surface area (Å²) in [7, 11) is 0. The zero-order valence-corrected chi connectivity index (χ0v) is 8.21. The number of aldehydes is 1. The van der Waals surface area contributed by atoms with Crippen LogP contribution in [0.1, 0.15) is 16.9 Å². The maximum absolute atomic E-state index is 11.4. The number of hydrogen-bond donors (Lipinski definition) is 1. The van der Waals surface area contributed by atoms with Crippen molar-refractivity contribution in [2.45, 2.75) is 6.42 Å². The first-order valence-electron chi connectivity index (χ1n) is 4.61. The fraction of sp³-hybridized carbons (Fsp3) is 0.222. The van der Waals surface area contributed by atoms with Gasteiger partial charge < -0.3 is 0 Å². The number of anilines is 1. The van der Waals surface area contributed by atoms with Crippen molar-refractivity contribution in [2.75, 3.05) is 11.4 Å². The molecule has 2 heterocycles. The predicted octanol–water partition coefficient (Wildman–Crippen LogP) is -0.265. The SMILES string of the molecule is O=Cc1ccc(N2CCC(=O)NC2=O)nn1. The maximum Gasteiger partial charge on any atom is 0.329 e. The minimum absolute atomic E-state index is 0.192. The first kappa shape index (κ1) is 10.2. The molecule has 0 unspecified atom stereocenters. The third-order valence-electron chi connectivity index (χ3n) is 2.12. The number of nitrogens with one attached hydrogen (secondary N) is 1. The Morgan fingerprint density at radius 1 is 1.31 bits per heavy atom. The number of rotatable bonds is 2. The van der Waals surface area contributed by atoms with E-state index in [1.165, 1.54) is 17.0 Å². The van der Waals surface area contributed by atoms with Crippen LogP contribution in [0.5, 0.6) is 0 Å². The number of carbonyl (C=O) groups excluding carboxylic acids is 3. The van der Waals surface area contributed by atoms with Crippen molar-refractivity contribution >= 4 is 24.0 Å². The first-order chi connectivity index (χ1) is 7.70. The van der Waals surface area contributed by atoms with Gasteiger partial charge >= 0.3 is 6.03 Å². The van der Waals surface area contributed by atoms with E-state index in [-0.39, 0.29) is 24.6 Å². The highest BCUT2D eigenvalue weighted by Gasteiger charge is 2.25. The van der Waals surface area contributed by atoms with Crippen LogP contribution in [-0.2, 0) is 4.79 Å². The van der Waals surface area contributed by atoms with E-state index < -0.39 is 6.03 Å². The minimum Gasteiger partial charge on any atom is -0.296 e. The standard InChI is InChI=1S/C9H8N4O3/c14-5-6-1-2-7(12-11-6)13-4-3-8(15)10-9(13)16/h1-2,5H,3-4H2,(H,10,15,16). The number of urea groups is 1. The number of imide groups is 1. The van der Waals surface area contributed by atoms with Gasteiger partial charge in [-0.1, -0.05) is 0 Å². The molecule has 1 N–H and O–H groups in total. The molecular formula is C9H8N4O3. The molecule has 82 valence electrons. The lowest BCUT2D eigenvalue weighted by atomic mass is 10.3. The molecule has 7 nitrogen and oxygen atoms in total. The van der Waals surface area contributed by atoms with Gasteiger partial charge in [0.05, 0.1) is 0 Å². The van der Waals surface area contributed by atoms with E-state index in [1.54, 1.807) is 0 Å². The molecule has 0 spiro atoms. The Bertz CT molecular complexity index is 443. The molecule has 0 bridgehead atoms. The second kappa shape index (κ2) is 4.05. The van der Waals surface area contributed by atoms with Gasteiger partial charge in [0.2, 0.25) is 5.91 Å². The predicted molar refractivity (Wildman–Crippen MR) is 52.9 cm³/mol. The molecular weight excluding hydrogens is 212 g/mol. The van der Waals surface area contributed by atoms with Gasteiger partial charge in [-0.3, -0.25) is 19.8 Å². The van der Waals surface area contributed by atoms with E-state index >= 15 is 0 Å². The van der Waals surface area contributed by atoms with Gasteiger partial charge in [0.1, 0.15) is 5.69 Å². The van der Waals surface area contributed by atoms with E-state index in [9.17, 15) is 14.4 Å². The van der Waals surface area contributed by atoms with Crippen molar-refractivity contribution in [2.24, 2.45) is 0 Å². The van der Waals surface area contributed by atoms with Crippen molar-refractivity contribution in [3.8, 4) is 0 Å². The molecule has 1 aromatic heterocycles. The molecule has 1 saturated heterocycles. The third kappa shape index (κ3) is 1.88.